The predicted molar refractivity (Wildman–Crippen MR) is 64.9 cm³/mol. The molecule has 1 saturated carbocycles. The first-order chi connectivity index (χ1) is 8.13. The molecule has 1 atom stereocenters. The molecule has 0 saturated heterocycles. The molecule has 0 spiro atoms. The second-order valence-corrected chi connectivity index (χ2v) is 4.93. The van der Waals surface area contributed by atoms with Crippen LogP contribution in [0.3, 0.4) is 0 Å². The summed E-state index contributed by atoms with van der Waals surface area (Å²) < 4.78 is 27.1. The second-order valence-electron chi connectivity index (χ2n) is 4.93. The maximum Gasteiger partial charge on any atom is 0.130 e. The summed E-state index contributed by atoms with van der Waals surface area (Å²) in [6.07, 6.45) is 4.68. The van der Waals surface area contributed by atoms with Gasteiger partial charge in [-0.15, -0.1) is 0 Å². The van der Waals surface area contributed by atoms with Crippen molar-refractivity contribution < 1.29 is 8.78 Å². The molecule has 94 valence electrons. The van der Waals surface area contributed by atoms with Gasteiger partial charge in [-0.2, -0.15) is 0 Å². The average Bonchev–Trinajstić information content (AvgIpc) is 2.80. The van der Waals surface area contributed by atoms with Crippen molar-refractivity contribution in [1.29, 1.82) is 0 Å². The predicted octanol–water partition coefficient (Wildman–Crippen LogP) is 3.72. The van der Waals surface area contributed by atoms with Crippen LogP contribution >= 0.6 is 0 Å². The highest BCUT2D eigenvalue weighted by Crippen LogP contribution is 2.36. The minimum atomic E-state index is -0.465. The van der Waals surface area contributed by atoms with E-state index in [9.17, 15) is 8.78 Å². The molecule has 17 heavy (non-hydrogen) atoms. The van der Waals surface area contributed by atoms with Gasteiger partial charge < -0.3 is 5.32 Å². The van der Waals surface area contributed by atoms with Gasteiger partial charge in [0.15, 0.2) is 0 Å². The maximum atomic E-state index is 13.8. The van der Waals surface area contributed by atoms with Gasteiger partial charge in [0.1, 0.15) is 11.6 Å². The normalized spacial score (nSPS) is 18.6. The molecule has 0 amide bonds. The van der Waals surface area contributed by atoms with Crippen LogP contribution in [0.15, 0.2) is 12.1 Å². The van der Waals surface area contributed by atoms with E-state index in [4.69, 9.17) is 0 Å². The van der Waals surface area contributed by atoms with Crippen LogP contribution in [-0.4, -0.2) is 7.05 Å². The molecule has 1 aromatic rings. The third-order valence-corrected chi connectivity index (χ3v) is 3.80. The van der Waals surface area contributed by atoms with Gasteiger partial charge >= 0.3 is 0 Å². The number of hydrogen-bond donors (Lipinski definition) is 1. The Labute approximate surface area is 101 Å². The smallest absolute Gasteiger partial charge is 0.130 e. The lowest BCUT2D eigenvalue weighted by atomic mass is 9.90. The molecule has 1 aliphatic rings. The first-order valence-electron chi connectivity index (χ1n) is 6.26. The quantitative estimate of drug-likeness (QED) is 0.847. The van der Waals surface area contributed by atoms with Gasteiger partial charge in [0, 0.05) is 17.7 Å². The number of aryl methyl sites for hydroxylation is 1. The largest absolute Gasteiger partial charge is 0.313 e. The Bertz CT molecular complexity index is 397. The first kappa shape index (κ1) is 12.5. The van der Waals surface area contributed by atoms with Crippen molar-refractivity contribution in [2.45, 2.75) is 38.6 Å². The van der Waals surface area contributed by atoms with Crippen molar-refractivity contribution in [2.24, 2.45) is 5.92 Å². The molecular weight excluding hydrogens is 220 g/mol. The summed E-state index contributed by atoms with van der Waals surface area (Å²) in [5.74, 6) is -0.425. The molecule has 1 aliphatic carbocycles. The number of halogens is 2. The molecule has 1 unspecified atom stereocenters. The maximum absolute atomic E-state index is 13.8. The minimum absolute atomic E-state index is 0.0109. The Morgan fingerprint density at radius 2 is 1.82 bits per heavy atom. The number of rotatable bonds is 3. The summed E-state index contributed by atoms with van der Waals surface area (Å²) in [5, 5.41) is 3.19. The van der Waals surface area contributed by atoms with Gasteiger partial charge in [-0.3, -0.25) is 0 Å². The van der Waals surface area contributed by atoms with E-state index >= 15 is 0 Å². The Kier molecular flexibility index (Phi) is 3.77. The molecule has 0 aromatic heterocycles. The van der Waals surface area contributed by atoms with Crippen molar-refractivity contribution in [3.63, 3.8) is 0 Å². The topological polar surface area (TPSA) is 12.0 Å². The Morgan fingerprint density at radius 1 is 1.18 bits per heavy atom. The van der Waals surface area contributed by atoms with Crippen LogP contribution in [0, 0.1) is 24.5 Å². The zero-order valence-electron chi connectivity index (χ0n) is 10.4. The van der Waals surface area contributed by atoms with Crippen LogP contribution in [0.5, 0.6) is 0 Å². The van der Waals surface area contributed by atoms with E-state index in [-0.39, 0.29) is 6.04 Å². The fraction of sp³-hybridized carbons (Fsp3) is 0.571. The first-order valence-corrected chi connectivity index (χ1v) is 6.26. The highest BCUT2D eigenvalue weighted by molar-refractivity contribution is 5.28. The van der Waals surface area contributed by atoms with Crippen molar-refractivity contribution in [2.75, 3.05) is 7.05 Å². The van der Waals surface area contributed by atoms with E-state index in [2.05, 4.69) is 5.32 Å². The molecule has 1 fully saturated rings. The summed E-state index contributed by atoms with van der Waals surface area (Å²) in [5.41, 5.74) is 1.12. The standard InChI is InChI=1S/C14H19F2N/c1-9-7-11(13(16)8-12(9)15)14(17-2)10-5-3-4-6-10/h7-8,10,14,17H,3-6H2,1-2H3. The highest BCUT2D eigenvalue weighted by Gasteiger charge is 2.27. The summed E-state index contributed by atoms with van der Waals surface area (Å²) in [6.45, 7) is 1.68. The molecule has 0 heterocycles. The van der Waals surface area contributed by atoms with Crippen molar-refractivity contribution >= 4 is 0 Å². The van der Waals surface area contributed by atoms with Crippen LogP contribution < -0.4 is 5.32 Å². The average molecular weight is 239 g/mol. The molecule has 1 aromatic carbocycles. The monoisotopic (exact) mass is 239 g/mol. The summed E-state index contributed by atoms with van der Waals surface area (Å²) in [7, 11) is 1.85. The number of nitrogens with one attached hydrogen (secondary N) is 1. The molecule has 3 heteroatoms. The summed E-state index contributed by atoms with van der Waals surface area (Å²) >= 11 is 0. The van der Waals surface area contributed by atoms with E-state index in [1.165, 1.54) is 12.8 Å². The molecular formula is C14H19F2N. The van der Waals surface area contributed by atoms with Crippen LogP contribution in [0.25, 0.3) is 0 Å². The van der Waals surface area contributed by atoms with Crippen LogP contribution in [0.2, 0.25) is 0 Å². The van der Waals surface area contributed by atoms with Crippen LogP contribution in [0.4, 0.5) is 8.78 Å². The molecule has 2 rings (SSSR count). The summed E-state index contributed by atoms with van der Waals surface area (Å²) in [4.78, 5) is 0. The van der Waals surface area contributed by atoms with Crippen molar-refractivity contribution in [1.82, 2.24) is 5.32 Å². The third kappa shape index (κ3) is 2.49. The molecule has 0 bridgehead atoms. The Hall–Kier alpha value is -0.960. The molecule has 0 aliphatic heterocycles. The SMILES string of the molecule is CNC(c1cc(C)c(F)cc1F)C1CCCC1. The van der Waals surface area contributed by atoms with E-state index in [0.29, 0.717) is 17.0 Å². The van der Waals surface area contributed by atoms with Gasteiger partial charge in [-0.05, 0) is 44.4 Å². The zero-order chi connectivity index (χ0) is 12.4. The molecule has 0 radical (unpaired) electrons. The van der Waals surface area contributed by atoms with Gasteiger partial charge in [-0.1, -0.05) is 12.8 Å². The zero-order valence-corrected chi connectivity index (χ0v) is 10.4. The van der Waals surface area contributed by atoms with Crippen molar-refractivity contribution in [3.05, 3.63) is 34.9 Å². The second kappa shape index (κ2) is 5.13. The van der Waals surface area contributed by atoms with Crippen molar-refractivity contribution in [3.8, 4) is 0 Å². The van der Waals surface area contributed by atoms with Gasteiger partial charge in [0.25, 0.3) is 0 Å². The van der Waals surface area contributed by atoms with Gasteiger partial charge in [0.05, 0.1) is 0 Å². The van der Waals surface area contributed by atoms with Gasteiger partial charge in [-0.25, -0.2) is 8.78 Å². The lowest BCUT2D eigenvalue weighted by Crippen LogP contribution is -2.24. The summed E-state index contributed by atoms with van der Waals surface area (Å²) in [6, 6.07) is 2.66. The minimum Gasteiger partial charge on any atom is -0.313 e. The number of hydrogen-bond acceptors (Lipinski definition) is 1. The van der Waals surface area contributed by atoms with E-state index in [1.807, 2.05) is 7.05 Å². The fourth-order valence-corrected chi connectivity index (χ4v) is 2.85. The Balaban J connectivity index is 2.32. The fourth-order valence-electron chi connectivity index (χ4n) is 2.85. The van der Waals surface area contributed by atoms with E-state index in [1.54, 1.807) is 13.0 Å². The number of benzene rings is 1. The lowest BCUT2D eigenvalue weighted by Gasteiger charge is -2.24. The highest BCUT2D eigenvalue weighted by atomic mass is 19.1. The Morgan fingerprint density at radius 3 is 2.41 bits per heavy atom. The third-order valence-electron chi connectivity index (χ3n) is 3.80. The lowest BCUT2D eigenvalue weighted by molar-refractivity contribution is 0.376. The molecule has 1 N–H and O–H groups in total. The van der Waals surface area contributed by atoms with Crippen LogP contribution in [0.1, 0.15) is 42.9 Å². The van der Waals surface area contributed by atoms with E-state index < -0.39 is 11.6 Å². The van der Waals surface area contributed by atoms with E-state index in [0.717, 1.165) is 18.9 Å². The molecule has 1 nitrogen and oxygen atoms in total. The van der Waals surface area contributed by atoms with Crippen LogP contribution in [-0.2, 0) is 0 Å². The van der Waals surface area contributed by atoms with Gasteiger partial charge in [0.2, 0.25) is 0 Å².